The molecule has 1 aromatic heterocycles. The molecule has 14 nitrogen and oxygen atoms in total. The highest BCUT2D eigenvalue weighted by atomic mass is 33.1. The summed E-state index contributed by atoms with van der Waals surface area (Å²) in [4.78, 5) is 24.5. The molecule has 0 radical (unpaired) electrons. The second-order valence-corrected chi connectivity index (χ2v) is 26.6. The van der Waals surface area contributed by atoms with Crippen LogP contribution in [-0.4, -0.2) is 132 Å². The highest BCUT2D eigenvalue weighted by Crippen LogP contribution is 2.73. The predicted octanol–water partition coefficient (Wildman–Crippen LogP) is 5.51. The van der Waals surface area contributed by atoms with Gasteiger partial charge in [0.2, 0.25) is 0 Å². The van der Waals surface area contributed by atoms with Crippen LogP contribution in [0.4, 0.5) is 0 Å². The van der Waals surface area contributed by atoms with Crippen LogP contribution in [0.2, 0.25) is 0 Å². The van der Waals surface area contributed by atoms with E-state index in [-0.39, 0.29) is 53.9 Å². The summed E-state index contributed by atoms with van der Waals surface area (Å²) in [6.07, 6.45) is 16.3. The normalized spacial score (nSPS) is 43.1. The Labute approximate surface area is 419 Å². The second-order valence-electron chi connectivity index (χ2n) is 24.0. The molecule has 1 saturated heterocycles. The molecule has 69 heavy (non-hydrogen) atoms. The van der Waals surface area contributed by atoms with E-state index in [4.69, 9.17) is 10.7 Å². The van der Waals surface area contributed by atoms with Crippen LogP contribution in [-0.2, 0) is 4.79 Å². The first-order valence-corrected chi connectivity index (χ1v) is 28.8. The fourth-order valence-electron chi connectivity index (χ4n) is 16.6. The van der Waals surface area contributed by atoms with Crippen LogP contribution in [0.1, 0.15) is 137 Å². The first-order valence-electron chi connectivity index (χ1n) is 26.4. The zero-order valence-electron chi connectivity index (χ0n) is 42.2. The number of ketones is 1. The molecule has 0 unspecified atom stereocenters. The van der Waals surface area contributed by atoms with Crippen LogP contribution >= 0.6 is 21.6 Å². The number of aliphatic imine (C=N–C) groups is 1. The number of aliphatic hydroxyl groups excluding tert-OH is 6. The highest BCUT2D eigenvalue weighted by Gasteiger charge is 2.75. The van der Waals surface area contributed by atoms with Gasteiger partial charge in [0.25, 0.3) is 0 Å². The number of imidazole rings is 1. The molecule has 0 amide bonds. The predicted molar refractivity (Wildman–Crippen MR) is 274 cm³/mol. The van der Waals surface area contributed by atoms with E-state index in [1.807, 2.05) is 19.4 Å². The third-order valence-corrected chi connectivity index (χ3v) is 22.5. The lowest BCUT2D eigenvalue weighted by Crippen LogP contribution is -2.69. The Hall–Kier alpha value is -1.99. The third kappa shape index (κ3) is 9.70. The molecule has 388 valence electrons. The molecule has 11 N–H and O–H groups in total. The number of guanidine groups is 1. The van der Waals surface area contributed by atoms with Crippen molar-refractivity contribution in [3.63, 3.8) is 0 Å². The van der Waals surface area contributed by atoms with E-state index in [2.05, 4.69) is 47.2 Å². The number of hydrogen-bond donors (Lipinski definition) is 10. The molecule has 2 bridgehead atoms. The van der Waals surface area contributed by atoms with E-state index >= 15 is 4.79 Å². The van der Waals surface area contributed by atoms with Gasteiger partial charge in [0.1, 0.15) is 6.23 Å². The molecular formula is C53H86N6O8S2. The van der Waals surface area contributed by atoms with Crippen molar-refractivity contribution in [3.8, 4) is 0 Å². The third-order valence-electron chi connectivity index (χ3n) is 19.5. The van der Waals surface area contributed by atoms with Crippen molar-refractivity contribution >= 4 is 33.3 Å². The number of aromatic nitrogens is 2. The van der Waals surface area contributed by atoms with E-state index in [1.165, 1.54) is 43.3 Å². The number of allylic oxidation sites excluding steroid dienone is 2. The van der Waals surface area contributed by atoms with Crippen LogP contribution in [0, 0.1) is 63.1 Å². The van der Waals surface area contributed by atoms with Crippen molar-refractivity contribution in [2.45, 2.75) is 172 Å². The van der Waals surface area contributed by atoms with Crippen molar-refractivity contribution in [2.75, 3.05) is 39.1 Å². The van der Waals surface area contributed by atoms with Gasteiger partial charge in [-0.05, 0) is 149 Å². The molecule has 5 saturated carbocycles. The molecule has 6 aliphatic carbocycles. The zero-order chi connectivity index (χ0) is 49.7. The van der Waals surface area contributed by atoms with Crippen molar-refractivity contribution in [1.29, 1.82) is 0 Å². The monoisotopic (exact) mass is 999 g/mol. The number of nitrogens with zero attached hydrogens (tertiary/aromatic N) is 3. The minimum atomic E-state index is -1.74. The van der Waals surface area contributed by atoms with Gasteiger partial charge in [-0.15, -0.1) is 0 Å². The van der Waals surface area contributed by atoms with Gasteiger partial charge < -0.3 is 56.7 Å². The lowest BCUT2D eigenvalue weighted by molar-refractivity contribution is -0.193. The first-order chi connectivity index (χ1) is 32.8. The minimum Gasteiger partial charge on any atom is -0.396 e. The summed E-state index contributed by atoms with van der Waals surface area (Å²) in [6, 6.07) is 0.0805. The molecule has 6 fully saturated rings. The van der Waals surface area contributed by atoms with Crippen LogP contribution in [0.5, 0.6) is 0 Å². The average Bonchev–Trinajstić information content (AvgIpc) is 4.06. The molecule has 2 heterocycles. The number of aliphatic hydroxyl groups is 7. The molecule has 7 aliphatic rings. The Kier molecular flexibility index (Phi) is 16.3. The Morgan fingerprint density at radius 1 is 1.04 bits per heavy atom. The van der Waals surface area contributed by atoms with E-state index in [1.54, 1.807) is 41.6 Å². The van der Waals surface area contributed by atoms with Crippen molar-refractivity contribution in [1.82, 2.24) is 20.2 Å². The van der Waals surface area contributed by atoms with Crippen LogP contribution in [0.25, 0.3) is 0 Å². The van der Waals surface area contributed by atoms with Crippen LogP contribution < -0.4 is 16.4 Å². The lowest BCUT2D eigenvalue weighted by atomic mass is 9.41. The van der Waals surface area contributed by atoms with Gasteiger partial charge in [-0.3, -0.25) is 9.79 Å². The number of nitrogens with one attached hydrogen (secondary N) is 2. The van der Waals surface area contributed by atoms with Gasteiger partial charge >= 0.3 is 0 Å². The maximum atomic E-state index is 15.2. The molecular weight excluding hydrogens is 913 g/mol. The Morgan fingerprint density at radius 2 is 1.78 bits per heavy atom. The maximum Gasteiger partial charge on any atom is 0.190 e. The van der Waals surface area contributed by atoms with Gasteiger partial charge in [-0.25, -0.2) is 4.98 Å². The quantitative estimate of drug-likeness (QED) is 0.0458. The first kappa shape index (κ1) is 53.3. The summed E-state index contributed by atoms with van der Waals surface area (Å²) >= 11 is 0. The van der Waals surface area contributed by atoms with E-state index < -0.39 is 83.1 Å². The zero-order valence-corrected chi connectivity index (χ0v) is 43.9. The summed E-state index contributed by atoms with van der Waals surface area (Å²) in [6.45, 7) is 10.4. The van der Waals surface area contributed by atoms with Crippen LogP contribution in [0.15, 0.2) is 46.5 Å². The molecule has 1 aromatic rings. The number of nitrogens with two attached hydrogens (primary N) is 1. The largest absolute Gasteiger partial charge is 0.396 e. The molecule has 1 spiro atoms. The van der Waals surface area contributed by atoms with Crippen molar-refractivity contribution < 1.29 is 40.5 Å². The number of carbonyl (C=O) groups excluding carboxylic acids is 1. The Morgan fingerprint density at radius 3 is 2.45 bits per heavy atom. The smallest absolute Gasteiger partial charge is 0.190 e. The fourth-order valence-corrected chi connectivity index (χ4v) is 19.9. The fraction of sp³-hybridized carbons (Fsp3) is 0.830. The summed E-state index contributed by atoms with van der Waals surface area (Å²) < 4.78 is 2.23. The minimum absolute atomic E-state index is 0.0280. The summed E-state index contributed by atoms with van der Waals surface area (Å²) in [5, 5.41) is 89.7. The molecule has 1 aliphatic heterocycles. The second kappa shape index (κ2) is 21.1. The van der Waals surface area contributed by atoms with E-state index in [9.17, 15) is 35.7 Å². The van der Waals surface area contributed by atoms with Gasteiger partial charge in [-0.1, -0.05) is 73.3 Å². The standard InChI is InChI=1S/C53H86N6O8S2/c1-31-37-19-39(44(12-10-18-60)69-68-28-35(59-17-16-56-30-59)24-49(3,4)38(20-41(31)63)33-11-9-15-51(22-33)13-7-8-14-51)53(67)40-21-42(64)46-36(27-55-6)47(66)43(65)25-50(46,5)45(40)34(23-52(37,53)29-61)26-57-48(54)58-32(2)62/h16-17,21,30-32,34-37,39,41,43-47,55,60-63,65-67H,7-15,18-20,22-29H2,1-6H3,(H3,54,57,58)/b38-33+/t31-,32+,34+,35+,36-,37+,39+,41+,43-,44-,45-,46-,47+,50+,52-,53+/m0/s1. The van der Waals surface area contributed by atoms with E-state index in [0.29, 0.717) is 49.6 Å². The number of carbonyl (C=O) groups is 1. The number of fused-ring (bicyclic) bond motifs is 9. The molecule has 0 aromatic carbocycles. The maximum absolute atomic E-state index is 15.2. The SMILES string of the molecule is CNC[C@@H]1[C@@H](O)[C@@H](O)C[C@]2(C)[C@@H]3C(=CC(=O)[C@H]12)[C@]1(O)[C@@H]2C[C@H]([C@H](C)[C@H](O)C/C(=C4/CCCC5(CCCC5)C4)C(C)(C)C[C@@H](n4ccnc4)CSS[C@H]2CCCO)[C@@]1(CO)C[C@@H]3CN=C(N)N[C@@H](C)O. The highest BCUT2D eigenvalue weighted by molar-refractivity contribution is 8.76. The number of hydrogen-bond acceptors (Lipinski definition) is 13. The van der Waals surface area contributed by atoms with Crippen LogP contribution in [0.3, 0.4) is 0 Å². The summed E-state index contributed by atoms with van der Waals surface area (Å²) in [5.74, 6) is -2.90. The molecule has 8 rings (SSSR count). The number of rotatable bonds is 10. The van der Waals surface area contributed by atoms with Crippen molar-refractivity contribution in [3.05, 3.63) is 41.5 Å². The molecule has 16 atom stereocenters. The van der Waals surface area contributed by atoms with Crippen molar-refractivity contribution in [2.24, 2.45) is 73.8 Å². The Balaban J connectivity index is 1.31. The summed E-state index contributed by atoms with van der Waals surface area (Å²) in [7, 11) is 5.30. The Bertz CT molecular complexity index is 2050. The summed E-state index contributed by atoms with van der Waals surface area (Å²) in [5.41, 5.74) is 5.94. The van der Waals surface area contributed by atoms with Gasteiger partial charge in [0.05, 0.1) is 36.8 Å². The molecule has 16 heteroatoms. The van der Waals surface area contributed by atoms with Gasteiger partial charge in [-0.2, -0.15) is 0 Å². The topological polar surface area (TPSA) is 239 Å². The van der Waals surface area contributed by atoms with Gasteiger partial charge in [0.15, 0.2) is 11.7 Å². The average molecular weight is 999 g/mol. The van der Waals surface area contributed by atoms with Gasteiger partial charge in [0, 0.05) is 72.3 Å². The van der Waals surface area contributed by atoms with E-state index in [0.717, 1.165) is 31.4 Å². The lowest BCUT2D eigenvalue weighted by Gasteiger charge is -2.65.